The van der Waals surface area contributed by atoms with Gasteiger partial charge in [-0.25, -0.2) is 4.39 Å². The maximum Gasteiger partial charge on any atom is 0.167 e. The fourth-order valence-electron chi connectivity index (χ4n) is 1.50. The molecule has 14 heavy (non-hydrogen) atoms. The van der Waals surface area contributed by atoms with Gasteiger partial charge in [-0.2, -0.15) is 5.10 Å². The second kappa shape index (κ2) is 2.77. The van der Waals surface area contributed by atoms with Crippen molar-refractivity contribution in [3.8, 4) is 0 Å². The number of aromatic nitrogens is 3. The average molecular weight is 193 g/mol. The van der Waals surface area contributed by atoms with Gasteiger partial charge in [0.25, 0.3) is 0 Å². The van der Waals surface area contributed by atoms with Crippen molar-refractivity contribution >= 4 is 10.9 Å². The third-order valence-corrected chi connectivity index (χ3v) is 2.15. The number of aromatic amines is 1. The van der Waals surface area contributed by atoms with E-state index in [1.807, 2.05) is 20.8 Å². The Morgan fingerprint density at radius 2 is 2.00 bits per heavy atom. The van der Waals surface area contributed by atoms with Crippen molar-refractivity contribution in [2.24, 2.45) is 0 Å². The summed E-state index contributed by atoms with van der Waals surface area (Å²) in [6, 6.07) is 0. The predicted molar refractivity (Wildman–Crippen MR) is 52.5 cm³/mol. The van der Waals surface area contributed by atoms with E-state index in [-0.39, 0.29) is 11.2 Å². The molecule has 0 radical (unpaired) electrons. The Hall–Kier alpha value is -1.45. The third kappa shape index (κ3) is 1.27. The number of hydrogen-bond acceptors (Lipinski definition) is 2. The monoisotopic (exact) mass is 193 g/mol. The summed E-state index contributed by atoms with van der Waals surface area (Å²) in [5, 5.41) is 7.23. The first-order valence-corrected chi connectivity index (χ1v) is 4.48. The van der Waals surface area contributed by atoms with Crippen molar-refractivity contribution in [1.29, 1.82) is 0 Å². The van der Waals surface area contributed by atoms with Crippen LogP contribution in [0, 0.1) is 5.82 Å². The van der Waals surface area contributed by atoms with Crippen LogP contribution in [0.15, 0.2) is 12.4 Å². The van der Waals surface area contributed by atoms with Crippen molar-refractivity contribution in [2.75, 3.05) is 0 Å². The molecule has 0 fully saturated rings. The SMILES string of the molecule is CC(C)(C)c1ncc(F)c2[nH]ncc12. The molecule has 0 bridgehead atoms. The van der Waals surface area contributed by atoms with Crippen LogP contribution in [0.2, 0.25) is 0 Å². The summed E-state index contributed by atoms with van der Waals surface area (Å²) in [7, 11) is 0. The fraction of sp³-hybridized carbons (Fsp3) is 0.400. The third-order valence-electron chi connectivity index (χ3n) is 2.15. The van der Waals surface area contributed by atoms with Gasteiger partial charge in [0.05, 0.1) is 18.1 Å². The quantitative estimate of drug-likeness (QED) is 0.698. The highest BCUT2D eigenvalue weighted by molar-refractivity contribution is 5.81. The fourth-order valence-corrected chi connectivity index (χ4v) is 1.50. The maximum absolute atomic E-state index is 13.3. The Morgan fingerprint density at radius 1 is 1.29 bits per heavy atom. The van der Waals surface area contributed by atoms with Crippen molar-refractivity contribution in [1.82, 2.24) is 15.2 Å². The van der Waals surface area contributed by atoms with Crippen LogP contribution in [0.1, 0.15) is 26.5 Å². The van der Waals surface area contributed by atoms with Gasteiger partial charge >= 0.3 is 0 Å². The molecule has 0 atom stereocenters. The van der Waals surface area contributed by atoms with Gasteiger partial charge in [-0.1, -0.05) is 20.8 Å². The van der Waals surface area contributed by atoms with Gasteiger partial charge < -0.3 is 0 Å². The van der Waals surface area contributed by atoms with Crippen molar-refractivity contribution in [3.63, 3.8) is 0 Å². The standard InChI is InChI=1S/C10H12FN3/c1-10(2,3)9-6-4-13-14-8(6)7(11)5-12-9/h4-5H,1-3H3,(H,13,14). The van der Waals surface area contributed by atoms with Crippen molar-refractivity contribution in [2.45, 2.75) is 26.2 Å². The van der Waals surface area contributed by atoms with Gasteiger partial charge in [-0.3, -0.25) is 10.1 Å². The minimum Gasteiger partial charge on any atom is -0.275 e. The molecule has 0 unspecified atom stereocenters. The van der Waals surface area contributed by atoms with Crippen LogP contribution in [0.5, 0.6) is 0 Å². The highest BCUT2D eigenvalue weighted by atomic mass is 19.1. The number of fused-ring (bicyclic) bond motifs is 1. The van der Waals surface area contributed by atoms with Crippen LogP contribution in [0.4, 0.5) is 4.39 Å². The van der Waals surface area contributed by atoms with Crippen molar-refractivity contribution in [3.05, 3.63) is 23.9 Å². The molecule has 2 rings (SSSR count). The van der Waals surface area contributed by atoms with Gasteiger partial charge in [0.15, 0.2) is 5.82 Å². The lowest BCUT2D eigenvalue weighted by atomic mass is 9.90. The number of nitrogens with one attached hydrogen (secondary N) is 1. The van der Waals surface area contributed by atoms with Gasteiger partial charge in [0.2, 0.25) is 0 Å². The van der Waals surface area contributed by atoms with Crippen LogP contribution < -0.4 is 0 Å². The van der Waals surface area contributed by atoms with Crippen molar-refractivity contribution < 1.29 is 4.39 Å². The summed E-state index contributed by atoms with van der Waals surface area (Å²) in [6.45, 7) is 6.12. The van der Waals surface area contributed by atoms with Gasteiger partial charge in [0, 0.05) is 10.8 Å². The Kier molecular flexibility index (Phi) is 1.80. The van der Waals surface area contributed by atoms with Gasteiger partial charge in [-0.05, 0) is 0 Å². The first-order valence-electron chi connectivity index (χ1n) is 4.48. The number of nitrogens with zero attached hydrogens (tertiary/aromatic N) is 2. The van der Waals surface area contributed by atoms with E-state index in [1.54, 1.807) is 6.20 Å². The maximum atomic E-state index is 13.3. The molecule has 0 aliphatic carbocycles. The summed E-state index contributed by atoms with van der Waals surface area (Å²) < 4.78 is 13.3. The molecule has 0 aromatic carbocycles. The largest absolute Gasteiger partial charge is 0.275 e. The summed E-state index contributed by atoms with van der Waals surface area (Å²) in [6.07, 6.45) is 2.85. The van der Waals surface area contributed by atoms with E-state index in [1.165, 1.54) is 6.20 Å². The first-order chi connectivity index (χ1) is 6.50. The zero-order valence-corrected chi connectivity index (χ0v) is 8.43. The Balaban J connectivity index is 2.80. The smallest absolute Gasteiger partial charge is 0.167 e. The number of hydrogen-bond donors (Lipinski definition) is 1. The summed E-state index contributed by atoms with van der Waals surface area (Å²) >= 11 is 0. The number of H-pyrrole nitrogens is 1. The predicted octanol–water partition coefficient (Wildman–Crippen LogP) is 2.39. The Morgan fingerprint density at radius 3 is 2.64 bits per heavy atom. The van der Waals surface area contributed by atoms with Crippen LogP contribution in [-0.4, -0.2) is 15.2 Å². The average Bonchev–Trinajstić information content (AvgIpc) is 2.50. The van der Waals surface area contributed by atoms with E-state index in [0.29, 0.717) is 5.52 Å². The van der Waals surface area contributed by atoms with Gasteiger partial charge in [0.1, 0.15) is 5.52 Å². The van der Waals surface area contributed by atoms with E-state index in [0.717, 1.165) is 11.1 Å². The highest BCUT2D eigenvalue weighted by Crippen LogP contribution is 2.27. The molecule has 0 amide bonds. The molecule has 4 heteroatoms. The lowest BCUT2D eigenvalue weighted by Gasteiger charge is -2.18. The number of pyridine rings is 1. The summed E-state index contributed by atoms with van der Waals surface area (Å²) in [5.74, 6) is -0.356. The molecule has 0 saturated carbocycles. The molecular formula is C10H12FN3. The molecule has 3 nitrogen and oxygen atoms in total. The molecule has 2 aromatic rings. The molecule has 74 valence electrons. The van der Waals surface area contributed by atoms with Gasteiger partial charge in [-0.15, -0.1) is 0 Å². The topological polar surface area (TPSA) is 41.6 Å². The molecule has 0 aliphatic rings. The van der Waals surface area contributed by atoms with E-state index in [4.69, 9.17) is 0 Å². The second-order valence-corrected chi connectivity index (χ2v) is 4.36. The first kappa shape index (κ1) is 9.12. The molecule has 1 N–H and O–H groups in total. The number of halogens is 1. The lowest BCUT2D eigenvalue weighted by Crippen LogP contribution is -2.14. The normalized spacial score (nSPS) is 12.3. The van der Waals surface area contributed by atoms with Crippen LogP contribution in [0.3, 0.4) is 0 Å². The molecule has 0 spiro atoms. The van der Waals surface area contributed by atoms with E-state index < -0.39 is 0 Å². The zero-order chi connectivity index (χ0) is 10.3. The highest BCUT2D eigenvalue weighted by Gasteiger charge is 2.20. The zero-order valence-electron chi connectivity index (χ0n) is 8.43. The Bertz CT molecular complexity index is 468. The van der Waals surface area contributed by atoms with Crippen LogP contribution in [0.25, 0.3) is 10.9 Å². The minimum absolute atomic E-state index is 0.101. The molecule has 0 saturated heterocycles. The molecule has 0 aliphatic heterocycles. The van der Waals surface area contributed by atoms with Crippen LogP contribution in [-0.2, 0) is 5.41 Å². The van der Waals surface area contributed by atoms with E-state index >= 15 is 0 Å². The second-order valence-electron chi connectivity index (χ2n) is 4.36. The van der Waals surface area contributed by atoms with E-state index in [2.05, 4.69) is 15.2 Å². The summed E-state index contributed by atoms with van der Waals surface area (Å²) in [5.41, 5.74) is 1.20. The van der Waals surface area contributed by atoms with Crippen LogP contribution >= 0.6 is 0 Å². The molecule has 2 heterocycles. The molecule has 2 aromatic heterocycles. The molecular weight excluding hydrogens is 181 g/mol. The minimum atomic E-state index is -0.356. The lowest BCUT2D eigenvalue weighted by molar-refractivity contribution is 0.567. The summed E-state index contributed by atoms with van der Waals surface area (Å²) in [4.78, 5) is 4.11. The Labute approximate surface area is 81.4 Å². The van der Waals surface area contributed by atoms with E-state index in [9.17, 15) is 4.39 Å². The number of rotatable bonds is 0.